The molecule has 2 aromatic rings. The second-order valence-electron chi connectivity index (χ2n) is 7.04. The van der Waals surface area contributed by atoms with Crippen LogP contribution in [-0.4, -0.2) is 17.5 Å². The first-order chi connectivity index (χ1) is 13.3. The Hall–Kier alpha value is -3.17. The SMILES string of the molecule is CC(C)(C)NC(=O)Oc1c(F)ccc(NC(=O)c2cccc(C(F)(F)F)c2)c1F. The molecule has 2 amide bonds. The lowest BCUT2D eigenvalue weighted by Gasteiger charge is -2.20. The van der Waals surface area contributed by atoms with Crippen LogP contribution in [-0.2, 0) is 6.18 Å². The first kappa shape index (κ1) is 22.1. The van der Waals surface area contributed by atoms with E-state index in [1.165, 1.54) is 0 Å². The molecule has 0 fully saturated rings. The molecule has 0 aromatic heterocycles. The van der Waals surface area contributed by atoms with Crippen molar-refractivity contribution in [3.63, 3.8) is 0 Å². The molecule has 0 spiro atoms. The van der Waals surface area contributed by atoms with Crippen LogP contribution in [0, 0.1) is 11.6 Å². The topological polar surface area (TPSA) is 67.4 Å². The lowest BCUT2D eigenvalue weighted by atomic mass is 10.1. The normalized spacial score (nSPS) is 11.7. The van der Waals surface area contributed by atoms with Gasteiger partial charge in [0.25, 0.3) is 5.91 Å². The van der Waals surface area contributed by atoms with E-state index < -0.39 is 57.9 Å². The van der Waals surface area contributed by atoms with Crippen LogP contribution in [0.4, 0.5) is 32.4 Å². The minimum Gasteiger partial charge on any atom is -0.404 e. The first-order valence-electron chi connectivity index (χ1n) is 8.24. The largest absolute Gasteiger partial charge is 0.416 e. The molecule has 0 atom stereocenters. The summed E-state index contributed by atoms with van der Waals surface area (Å²) in [7, 11) is 0. The van der Waals surface area contributed by atoms with Crippen molar-refractivity contribution in [3.05, 3.63) is 59.2 Å². The number of benzene rings is 2. The zero-order valence-corrected chi connectivity index (χ0v) is 15.6. The summed E-state index contributed by atoms with van der Waals surface area (Å²) in [5.74, 6) is -4.72. The van der Waals surface area contributed by atoms with Crippen LogP contribution in [0.25, 0.3) is 0 Å². The molecule has 0 saturated carbocycles. The average molecular weight is 416 g/mol. The zero-order chi connectivity index (χ0) is 22.0. The number of ether oxygens (including phenoxy) is 1. The number of hydrogen-bond acceptors (Lipinski definition) is 3. The highest BCUT2D eigenvalue weighted by Gasteiger charge is 2.31. The standard InChI is InChI=1S/C19H17F5N2O3/c1-18(2,3)26-17(28)29-15-12(20)7-8-13(14(15)21)25-16(27)10-5-4-6-11(9-10)19(22,23)24/h4-9H,1-3H3,(H,25,27)(H,26,28). The molecule has 156 valence electrons. The van der Waals surface area contributed by atoms with E-state index in [0.29, 0.717) is 6.07 Å². The summed E-state index contributed by atoms with van der Waals surface area (Å²) in [6.45, 7) is 4.85. The molecule has 0 heterocycles. The fraction of sp³-hybridized carbons (Fsp3) is 0.263. The van der Waals surface area contributed by atoms with E-state index in [-0.39, 0.29) is 0 Å². The van der Waals surface area contributed by atoms with Crippen molar-refractivity contribution in [2.75, 3.05) is 5.32 Å². The van der Waals surface area contributed by atoms with Gasteiger partial charge >= 0.3 is 12.3 Å². The van der Waals surface area contributed by atoms with Gasteiger partial charge in [-0.05, 0) is 51.1 Å². The van der Waals surface area contributed by atoms with Crippen LogP contribution in [0.3, 0.4) is 0 Å². The maximum Gasteiger partial charge on any atom is 0.416 e. The minimum atomic E-state index is -4.67. The van der Waals surface area contributed by atoms with Gasteiger partial charge in [-0.25, -0.2) is 13.6 Å². The van der Waals surface area contributed by atoms with Crippen LogP contribution in [0.5, 0.6) is 5.75 Å². The summed E-state index contributed by atoms with van der Waals surface area (Å²) in [6.07, 6.45) is -5.80. The van der Waals surface area contributed by atoms with Crippen LogP contribution in [0.2, 0.25) is 0 Å². The number of anilines is 1. The number of alkyl halides is 3. The van der Waals surface area contributed by atoms with Crippen molar-refractivity contribution in [1.82, 2.24) is 5.32 Å². The summed E-state index contributed by atoms with van der Waals surface area (Å²) in [4.78, 5) is 24.0. The van der Waals surface area contributed by atoms with E-state index in [0.717, 1.165) is 30.3 Å². The monoisotopic (exact) mass is 416 g/mol. The second-order valence-corrected chi connectivity index (χ2v) is 7.04. The molecule has 2 rings (SSSR count). The Morgan fingerprint density at radius 1 is 1.00 bits per heavy atom. The summed E-state index contributed by atoms with van der Waals surface area (Å²) in [5, 5.41) is 4.37. The first-order valence-corrected chi connectivity index (χ1v) is 8.24. The van der Waals surface area contributed by atoms with Crippen molar-refractivity contribution < 1.29 is 36.3 Å². The smallest absolute Gasteiger partial charge is 0.404 e. The zero-order valence-electron chi connectivity index (χ0n) is 15.6. The molecule has 0 aliphatic heterocycles. The minimum absolute atomic E-state index is 0.392. The maximum absolute atomic E-state index is 14.5. The second kappa shape index (κ2) is 8.06. The van der Waals surface area contributed by atoms with Crippen LogP contribution in [0.15, 0.2) is 36.4 Å². The third kappa shape index (κ3) is 5.90. The van der Waals surface area contributed by atoms with Crippen molar-refractivity contribution in [2.24, 2.45) is 0 Å². The van der Waals surface area contributed by atoms with E-state index in [1.807, 2.05) is 5.32 Å². The molecule has 5 nitrogen and oxygen atoms in total. The quantitative estimate of drug-likeness (QED) is 0.683. The number of halogens is 5. The van der Waals surface area contributed by atoms with Gasteiger partial charge in [0.1, 0.15) is 0 Å². The highest BCUT2D eigenvalue weighted by Crippen LogP contribution is 2.31. The van der Waals surface area contributed by atoms with Crippen molar-refractivity contribution in [1.29, 1.82) is 0 Å². The van der Waals surface area contributed by atoms with Gasteiger partial charge in [-0.1, -0.05) is 6.07 Å². The van der Waals surface area contributed by atoms with Gasteiger partial charge in [0.15, 0.2) is 11.6 Å². The summed E-state index contributed by atoms with van der Waals surface area (Å²) >= 11 is 0. The van der Waals surface area contributed by atoms with Gasteiger partial charge in [0.05, 0.1) is 11.3 Å². The lowest BCUT2D eigenvalue weighted by molar-refractivity contribution is -0.137. The van der Waals surface area contributed by atoms with E-state index >= 15 is 0 Å². The van der Waals surface area contributed by atoms with E-state index in [4.69, 9.17) is 0 Å². The molecule has 10 heteroatoms. The lowest BCUT2D eigenvalue weighted by Crippen LogP contribution is -2.42. The van der Waals surface area contributed by atoms with Crippen LogP contribution in [0.1, 0.15) is 36.7 Å². The molecule has 0 saturated heterocycles. The summed E-state index contributed by atoms with van der Waals surface area (Å²) in [5.41, 5.74) is -2.77. The van der Waals surface area contributed by atoms with Gasteiger partial charge in [0, 0.05) is 11.1 Å². The molecule has 0 aliphatic rings. The van der Waals surface area contributed by atoms with Crippen molar-refractivity contribution in [2.45, 2.75) is 32.5 Å². The van der Waals surface area contributed by atoms with E-state index in [1.54, 1.807) is 20.8 Å². The van der Waals surface area contributed by atoms with Gasteiger partial charge in [-0.3, -0.25) is 4.79 Å². The summed E-state index contributed by atoms with van der Waals surface area (Å²) in [6, 6.07) is 5.07. The third-order valence-electron chi connectivity index (χ3n) is 3.42. The van der Waals surface area contributed by atoms with Gasteiger partial charge in [-0.2, -0.15) is 13.2 Å². The predicted octanol–water partition coefficient (Wildman–Crippen LogP) is 5.12. The van der Waals surface area contributed by atoms with Gasteiger partial charge < -0.3 is 15.4 Å². The van der Waals surface area contributed by atoms with Crippen LogP contribution < -0.4 is 15.4 Å². The molecule has 2 N–H and O–H groups in total. The third-order valence-corrected chi connectivity index (χ3v) is 3.42. The number of amides is 2. The van der Waals surface area contributed by atoms with Crippen molar-refractivity contribution >= 4 is 17.7 Å². The van der Waals surface area contributed by atoms with Crippen molar-refractivity contribution in [3.8, 4) is 5.75 Å². The Morgan fingerprint density at radius 2 is 1.66 bits per heavy atom. The Kier molecular flexibility index (Phi) is 6.15. The maximum atomic E-state index is 14.5. The summed E-state index contributed by atoms with van der Waals surface area (Å²) < 4.78 is 71.4. The fourth-order valence-corrected chi connectivity index (χ4v) is 2.18. The average Bonchev–Trinajstić information content (AvgIpc) is 2.59. The number of rotatable bonds is 3. The Labute approximate surface area is 162 Å². The Bertz CT molecular complexity index is 936. The van der Waals surface area contributed by atoms with Gasteiger partial charge in [-0.15, -0.1) is 0 Å². The number of nitrogens with one attached hydrogen (secondary N) is 2. The number of carbonyl (C=O) groups is 2. The predicted molar refractivity (Wildman–Crippen MR) is 94.7 cm³/mol. The Morgan fingerprint density at radius 3 is 2.24 bits per heavy atom. The molecular weight excluding hydrogens is 399 g/mol. The Balaban J connectivity index is 2.26. The highest BCUT2D eigenvalue weighted by atomic mass is 19.4. The molecule has 29 heavy (non-hydrogen) atoms. The molecular formula is C19H17F5N2O3. The number of carbonyl (C=O) groups excluding carboxylic acids is 2. The fourth-order valence-electron chi connectivity index (χ4n) is 2.18. The molecule has 0 unspecified atom stereocenters. The van der Waals surface area contributed by atoms with E-state index in [9.17, 15) is 31.5 Å². The van der Waals surface area contributed by atoms with Crippen LogP contribution >= 0.6 is 0 Å². The molecule has 0 aliphatic carbocycles. The van der Waals surface area contributed by atoms with Gasteiger partial charge in [0.2, 0.25) is 5.75 Å². The molecule has 0 radical (unpaired) electrons. The van der Waals surface area contributed by atoms with E-state index in [2.05, 4.69) is 10.1 Å². The number of hydrogen-bond donors (Lipinski definition) is 2. The molecule has 0 bridgehead atoms. The highest BCUT2D eigenvalue weighted by molar-refractivity contribution is 6.04. The molecule has 2 aromatic carbocycles.